The van der Waals surface area contributed by atoms with Crippen molar-refractivity contribution in [2.24, 2.45) is 0 Å². The van der Waals surface area contributed by atoms with Gasteiger partial charge in [-0.25, -0.2) is 4.98 Å². The number of nitrogens with one attached hydrogen (secondary N) is 1. The summed E-state index contributed by atoms with van der Waals surface area (Å²) in [5, 5.41) is 18.4. The van der Waals surface area contributed by atoms with Gasteiger partial charge < -0.3 is 10.2 Å². The molecule has 0 fully saturated rings. The summed E-state index contributed by atoms with van der Waals surface area (Å²) in [6.07, 6.45) is 3.14. The Morgan fingerprint density at radius 3 is 2.95 bits per heavy atom. The summed E-state index contributed by atoms with van der Waals surface area (Å²) < 4.78 is 1.60. The zero-order chi connectivity index (χ0) is 15.1. The SMILES string of the molecule is CCC(C)N1CCc2c(NC)nc3c([N+](=O)[O-])cnn3c21. The third-order valence-corrected chi connectivity index (χ3v) is 4.13. The molecule has 0 bridgehead atoms. The number of hydrogen-bond acceptors (Lipinski definition) is 6. The maximum Gasteiger partial charge on any atom is 0.333 e. The second-order valence-corrected chi connectivity index (χ2v) is 5.24. The van der Waals surface area contributed by atoms with E-state index in [1.807, 2.05) is 0 Å². The molecule has 0 saturated heterocycles. The number of nitro groups is 1. The van der Waals surface area contributed by atoms with E-state index >= 15 is 0 Å². The Morgan fingerprint density at radius 2 is 2.33 bits per heavy atom. The first kappa shape index (κ1) is 13.6. The molecule has 0 radical (unpaired) electrons. The van der Waals surface area contributed by atoms with Crippen LogP contribution in [0.2, 0.25) is 0 Å². The quantitative estimate of drug-likeness (QED) is 0.682. The molecule has 0 amide bonds. The monoisotopic (exact) mass is 290 g/mol. The Hall–Kier alpha value is -2.38. The first-order chi connectivity index (χ1) is 10.1. The Labute approximate surface area is 121 Å². The van der Waals surface area contributed by atoms with Gasteiger partial charge in [0.25, 0.3) is 0 Å². The largest absolute Gasteiger partial charge is 0.373 e. The highest BCUT2D eigenvalue weighted by atomic mass is 16.6. The molecule has 3 rings (SSSR count). The van der Waals surface area contributed by atoms with Crippen LogP contribution in [0.5, 0.6) is 0 Å². The van der Waals surface area contributed by atoms with Crippen LogP contribution in [0.4, 0.5) is 17.3 Å². The first-order valence-corrected chi connectivity index (χ1v) is 7.07. The molecule has 1 aliphatic rings. The van der Waals surface area contributed by atoms with Crippen LogP contribution in [-0.2, 0) is 6.42 Å². The summed E-state index contributed by atoms with van der Waals surface area (Å²) in [7, 11) is 1.78. The number of nitrogens with zero attached hydrogens (tertiary/aromatic N) is 5. The molecule has 3 heterocycles. The zero-order valence-electron chi connectivity index (χ0n) is 12.3. The smallest absolute Gasteiger partial charge is 0.333 e. The van der Waals surface area contributed by atoms with Crippen LogP contribution in [0.25, 0.3) is 5.65 Å². The Morgan fingerprint density at radius 1 is 1.57 bits per heavy atom. The van der Waals surface area contributed by atoms with Gasteiger partial charge in [0, 0.05) is 25.2 Å². The molecular formula is C13H18N6O2. The number of fused-ring (bicyclic) bond motifs is 3. The molecule has 0 aromatic carbocycles. The lowest BCUT2D eigenvalue weighted by atomic mass is 10.2. The van der Waals surface area contributed by atoms with Crippen molar-refractivity contribution >= 4 is 23.0 Å². The van der Waals surface area contributed by atoms with Crippen molar-refractivity contribution in [3.05, 3.63) is 21.9 Å². The number of aromatic nitrogens is 3. The molecule has 2 aromatic rings. The van der Waals surface area contributed by atoms with Crippen molar-refractivity contribution in [2.45, 2.75) is 32.7 Å². The molecular weight excluding hydrogens is 272 g/mol. The molecule has 0 saturated carbocycles. The van der Waals surface area contributed by atoms with Crippen molar-refractivity contribution in [1.29, 1.82) is 0 Å². The Balaban J connectivity index is 2.29. The van der Waals surface area contributed by atoms with Crippen LogP contribution >= 0.6 is 0 Å². The second-order valence-electron chi connectivity index (χ2n) is 5.24. The summed E-state index contributed by atoms with van der Waals surface area (Å²) in [5.74, 6) is 1.62. The van der Waals surface area contributed by atoms with Crippen molar-refractivity contribution in [2.75, 3.05) is 23.8 Å². The maximum absolute atomic E-state index is 11.1. The van der Waals surface area contributed by atoms with E-state index in [0.29, 0.717) is 17.5 Å². The van der Waals surface area contributed by atoms with E-state index in [4.69, 9.17) is 0 Å². The maximum atomic E-state index is 11.1. The molecule has 8 nitrogen and oxygen atoms in total. The van der Waals surface area contributed by atoms with E-state index in [0.717, 1.165) is 30.8 Å². The van der Waals surface area contributed by atoms with Gasteiger partial charge in [-0.2, -0.15) is 9.61 Å². The Bertz CT molecular complexity index is 710. The highest BCUT2D eigenvalue weighted by Gasteiger charge is 2.31. The third-order valence-electron chi connectivity index (χ3n) is 4.13. The van der Waals surface area contributed by atoms with Crippen LogP contribution in [0.15, 0.2) is 6.20 Å². The van der Waals surface area contributed by atoms with Crippen molar-refractivity contribution in [1.82, 2.24) is 14.6 Å². The van der Waals surface area contributed by atoms with Gasteiger partial charge in [0.1, 0.15) is 17.8 Å². The predicted molar refractivity (Wildman–Crippen MR) is 80.0 cm³/mol. The van der Waals surface area contributed by atoms with E-state index in [1.54, 1.807) is 11.6 Å². The standard InChI is InChI=1S/C13H18N6O2/c1-4-8(2)17-6-5-9-11(14-3)16-12-10(19(20)21)7-15-18(12)13(9)17/h7-8H,4-6H2,1-3H3,(H,14,16). The molecule has 8 heteroatoms. The Kier molecular flexibility index (Phi) is 3.15. The molecule has 1 unspecified atom stereocenters. The molecule has 2 aromatic heterocycles. The highest BCUT2D eigenvalue weighted by molar-refractivity contribution is 5.72. The molecule has 112 valence electrons. The molecule has 0 aliphatic carbocycles. The van der Waals surface area contributed by atoms with E-state index in [2.05, 4.69) is 34.1 Å². The lowest BCUT2D eigenvalue weighted by Crippen LogP contribution is -2.32. The predicted octanol–water partition coefficient (Wildman–Crippen LogP) is 1.84. The molecule has 1 N–H and O–H groups in total. The van der Waals surface area contributed by atoms with Gasteiger partial charge in [-0.3, -0.25) is 10.1 Å². The van der Waals surface area contributed by atoms with E-state index in [-0.39, 0.29) is 5.69 Å². The fourth-order valence-electron chi connectivity index (χ4n) is 2.85. The highest BCUT2D eigenvalue weighted by Crippen LogP contribution is 2.36. The number of anilines is 2. The minimum absolute atomic E-state index is 0.0645. The summed E-state index contributed by atoms with van der Waals surface area (Å²) in [6, 6.07) is 0.352. The summed E-state index contributed by atoms with van der Waals surface area (Å²) in [4.78, 5) is 17.3. The van der Waals surface area contributed by atoms with Crippen LogP contribution in [0.1, 0.15) is 25.8 Å². The van der Waals surface area contributed by atoms with Crippen LogP contribution in [-0.4, -0.2) is 39.2 Å². The van der Waals surface area contributed by atoms with Crippen LogP contribution in [0, 0.1) is 10.1 Å². The second kappa shape index (κ2) is 4.87. The summed E-state index contributed by atoms with van der Waals surface area (Å²) in [6.45, 7) is 5.16. The van der Waals surface area contributed by atoms with Crippen LogP contribution < -0.4 is 10.2 Å². The molecule has 21 heavy (non-hydrogen) atoms. The minimum atomic E-state index is -0.441. The lowest BCUT2D eigenvalue weighted by molar-refractivity contribution is -0.383. The number of rotatable bonds is 4. The van der Waals surface area contributed by atoms with Crippen molar-refractivity contribution in [3.8, 4) is 0 Å². The normalized spacial score (nSPS) is 15.3. The van der Waals surface area contributed by atoms with Gasteiger partial charge in [-0.05, 0) is 19.8 Å². The van der Waals surface area contributed by atoms with Gasteiger partial charge in [-0.1, -0.05) is 6.92 Å². The van der Waals surface area contributed by atoms with E-state index in [9.17, 15) is 10.1 Å². The van der Waals surface area contributed by atoms with Gasteiger partial charge in [0.2, 0.25) is 5.65 Å². The zero-order valence-corrected chi connectivity index (χ0v) is 12.3. The van der Waals surface area contributed by atoms with Gasteiger partial charge in [0.15, 0.2) is 0 Å². The van der Waals surface area contributed by atoms with E-state index < -0.39 is 4.92 Å². The van der Waals surface area contributed by atoms with Gasteiger partial charge in [0.05, 0.1) is 4.92 Å². The fourth-order valence-corrected chi connectivity index (χ4v) is 2.85. The molecule has 1 atom stereocenters. The van der Waals surface area contributed by atoms with Gasteiger partial charge >= 0.3 is 5.69 Å². The van der Waals surface area contributed by atoms with E-state index in [1.165, 1.54) is 6.20 Å². The lowest BCUT2D eigenvalue weighted by Gasteiger charge is -2.26. The molecule has 1 aliphatic heterocycles. The van der Waals surface area contributed by atoms with Crippen molar-refractivity contribution in [3.63, 3.8) is 0 Å². The minimum Gasteiger partial charge on any atom is -0.373 e. The average Bonchev–Trinajstić information content (AvgIpc) is 3.08. The fraction of sp³-hybridized carbons (Fsp3) is 0.538. The van der Waals surface area contributed by atoms with Crippen molar-refractivity contribution < 1.29 is 4.92 Å². The topological polar surface area (TPSA) is 88.6 Å². The summed E-state index contributed by atoms with van der Waals surface area (Å²) >= 11 is 0. The average molecular weight is 290 g/mol. The summed E-state index contributed by atoms with van der Waals surface area (Å²) in [5.41, 5.74) is 1.30. The number of hydrogen-bond donors (Lipinski definition) is 1. The molecule has 0 spiro atoms. The third kappa shape index (κ3) is 1.90. The first-order valence-electron chi connectivity index (χ1n) is 7.07. The van der Waals surface area contributed by atoms with Crippen LogP contribution in [0.3, 0.4) is 0 Å². The van der Waals surface area contributed by atoms with Gasteiger partial charge in [-0.15, -0.1) is 0 Å².